The molecule has 0 radical (unpaired) electrons. The Labute approximate surface area is 112 Å². The van der Waals surface area contributed by atoms with E-state index in [1.54, 1.807) is 11.3 Å². The summed E-state index contributed by atoms with van der Waals surface area (Å²) in [5.41, 5.74) is 2.36. The normalized spacial score (nSPS) is 12.3. The van der Waals surface area contributed by atoms with Gasteiger partial charge in [-0.1, -0.05) is 12.1 Å². The molecular formula is C14H18N2OS. The molecule has 0 aliphatic carbocycles. The van der Waals surface area contributed by atoms with Crippen LogP contribution in [0.4, 0.5) is 5.69 Å². The summed E-state index contributed by atoms with van der Waals surface area (Å²) in [4.78, 5) is 4.31. The van der Waals surface area contributed by atoms with Gasteiger partial charge >= 0.3 is 0 Å². The number of rotatable bonds is 6. The molecule has 3 nitrogen and oxygen atoms in total. The second-order valence-corrected chi connectivity index (χ2v) is 5.19. The molecule has 1 aromatic heterocycles. The third kappa shape index (κ3) is 3.55. The lowest BCUT2D eigenvalue weighted by Crippen LogP contribution is -2.06. The van der Waals surface area contributed by atoms with E-state index in [4.69, 9.17) is 5.11 Å². The largest absolute Gasteiger partial charge is 0.396 e. The van der Waals surface area contributed by atoms with Crippen molar-refractivity contribution < 1.29 is 5.11 Å². The first-order chi connectivity index (χ1) is 8.79. The summed E-state index contributed by atoms with van der Waals surface area (Å²) >= 11 is 1.66. The average molecular weight is 262 g/mol. The van der Waals surface area contributed by atoms with E-state index in [0.717, 1.165) is 23.5 Å². The van der Waals surface area contributed by atoms with Crippen molar-refractivity contribution >= 4 is 17.0 Å². The highest BCUT2D eigenvalue weighted by Crippen LogP contribution is 2.21. The summed E-state index contributed by atoms with van der Waals surface area (Å²) in [6.07, 6.45) is 3.55. The zero-order chi connectivity index (χ0) is 12.8. The van der Waals surface area contributed by atoms with Gasteiger partial charge in [0.25, 0.3) is 0 Å². The van der Waals surface area contributed by atoms with E-state index in [9.17, 15) is 0 Å². The quantitative estimate of drug-likeness (QED) is 0.840. The van der Waals surface area contributed by atoms with E-state index in [1.165, 1.54) is 5.56 Å². The highest BCUT2D eigenvalue weighted by Gasteiger charge is 2.07. The molecule has 2 N–H and O–H groups in total. The van der Waals surface area contributed by atoms with Gasteiger partial charge in [0, 0.05) is 23.9 Å². The zero-order valence-corrected chi connectivity index (χ0v) is 11.3. The third-order valence-corrected chi connectivity index (χ3v) is 3.71. The molecule has 0 amide bonds. The summed E-state index contributed by atoms with van der Waals surface area (Å²) < 4.78 is 0. The minimum absolute atomic E-state index is 0.220. The van der Waals surface area contributed by atoms with Crippen LogP contribution >= 0.6 is 11.3 Å². The van der Waals surface area contributed by atoms with Crippen LogP contribution < -0.4 is 5.32 Å². The number of aromatic nitrogens is 1. The number of anilines is 1. The molecule has 0 fully saturated rings. The number of thiazole rings is 1. The predicted octanol–water partition coefficient (Wildman–Crippen LogP) is 3.24. The van der Waals surface area contributed by atoms with Crippen LogP contribution in [0.2, 0.25) is 0 Å². The van der Waals surface area contributed by atoms with Gasteiger partial charge in [-0.3, -0.25) is 0 Å². The molecule has 0 bridgehead atoms. The first-order valence-electron chi connectivity index (χ1n) is 6.15. The number of aliphatic hydroxyl groups excluding tert-OH is 1. The monoisotopic (exact) mass is 262 g/mol. The lowest BCUT2D eigenvalue weighted by molar-refractivity contribution is 0.288. The van der Waals surface area contributed by atoms with Crippen LogP contribution in [0.5, 0.6) is 0 Å². The first kappa shape index (κ1) is 13.1. The van der Waals surface area contributed by atoms with Crippen LogP contribution in [-0.2, 0) is 6.42 Å². The molecule has 1 heterocycles. The van der Waals surface area contributed by atoms with Crippen molar-refractivity contribution in [2.24, 2.45) is 0 Å². The molecule has 0 saturated carbocycles. The summed E-state index contributed by atoms with van der Waals surface area (Å²) in [6.45, 7) is 2.35. The Morgan fingerprint density at radius 3 is 3.06 bits per heavy atom. The Kier molecular flexibility index (Phi) is 4.73. The highest BCUT2D eigenvalue weighted by molar-refractivity contribution is 7.09. The van der Waals surface area contributed by atoms with Crippen molar-refractivity contribution in [2.75, 3.05) is 11.9 Å². The molecule has 96 valence electrons. The van der Waals surface area contributed by atoms with Crippen molar-refractivity contribution in [3.63, 3.8) is 0 Å². The minimum Gasteiger partial charge on any atom is -0.396 e. The predicted molar refractivity (Wildman–Crippen MR) is 76.0 cm³/mol. The number of aryl methyl sites for hydroxylation is 1. The fourth-order valence-corrected chi connectivity index (χ4v) is 2.51. The molecule has 2 aromatic rings. The Bertz CT molecular complexity index is 470. The molecule has 1 unspecified atom stereocenters. The number of benzene rings is 1. The van der Waals surface area contributed by atoms with Gasteiger partial charge in [0.15, 0.2) is 0 Å². The zero-order valence-electron chi connectivity index (χ0n) is 10.5. The number of nitrogens with zero attached hydrogens (tertiary/aromatic N) is 1. The Morgan fingerprint density at radius 1 is 1.44 bits per heavy atom. The van der Waals surface area contributed by atoms with Crippen LogP contribution in [0.15, 0.2) is 35.8 Å². The van der Waals surface area contributed by atoms with E-state index in [1.807, 2.05) is 17.6 Å². The molecule has 1 atom stereocenters. The molecule has 0 saturated heterocycles. The Hall–Kier alpha value is -1.39. The second-order valence-electron chi connectivity index (χ2n) is 4.26. The number of hydrogen-bond donors (Lipinski definition) is 2. The summed E-state index contributed by atoms with van der Waals surface area (Å²) in [5, 5.41) is 15.4. The fourth-order valence-electron chi connectivity index (χ4n) is 1.86. The Morgan fingerprint density at radius 2 is 2.33 bits per heavy atom. The maximum atomic E-state index is 8.84. The van der Waals surface area contributed by atoms with E-state index >= 15 is 0 Å². The van der Waals surface area contributed by atoms with E-state index in [0.29, 0.717) is 0 Å². The van der Waals surface area contributed by atoms with Gasteiger partial charge < -0.3 is 10.4 Å². The van der Waals surface area contributed by atoms with E-state index < -0.39 is 0 Å². The molecule has 18 heavy (non-hydrogen) atoms. The van der Waals surface area contributed by atoms with Crippen LogP contribution in [0.1, 0.15) is 30.0 Å². The maximum Gasteiger partial charge on any atom is 0.115 e. The molecule has 2 rings (SSSR count). The SMILES string of the molecule is CC(Nc1cccc(CCCO)c1)c1nccs1. The van der Waals surface area contributed by atoms with Gasteiger partial charge in [-0.25, -0.2) is 4.98 Å². The molecule has 1 aromatic carbocycles. The number of aliphatic hydroxyl groups is 1. The second kappa shape index (κ2) is 6.52. The van der Waals surface area contributed by atoms with Crippen LogP contribution in [0.3, 0.4) is 0 Å². The molecule has 0 spiro atoms. The van der Waals surface area contributed by atoms with Gasteiger partial charge in [-0.05, 0) is 37.5 Å². The van der Waals surface area contributed by atoms with Crippen LogP contribution in [0, 0.1) is 0 Å². The first-order valence-corrected chi connectivity index (χ1v) is 7.03. The smallest absolute Gasteiger partial charge is 0.115 e. The van der Waals surface area contributed by atoms with Gasteiger partial charge in [0.1, 0.15) is 5.01 Å². The van der Waals surface area contributed by atoms with E-state index in [2.05, 4.69) is 35.4 Å². The maximum absolute atomic E-state index is 8.84. The fraction of sp³-hybridized carbons (Fsp3) is 0.357. The minimum atomic E-state index is 0.220. The van der Waals surface area contributed by atoms with Gasteiger partial charge in [0.05, 0.1) is 6.04 Å². The van der Waals surface area contributed by atoms with Crippen LogP contribution in [0.25, 0.3) is 0 Å². The van der Waals surface area contributed by atoms with Gasteiger partial charge in [0.2, 0.25) is 0 Å². The summed E-state index contributed by atoms with van der Waals surface area (Å²) in [6, 6.07) is 8.56. The van der Waals surface area contributed by atoms with Crippen LogP contribution in [-0.4, -0.2) is 16.7 Å². The summed E-state index contributed by atoms with van der Waals surface area (Å²) in [5.74, 6) is 0. The molecular weight excluding hydrogens is 244 g/mol. The third-order valence-electron chi connectivity index (χ3n) is 2.76. The van der Waals surface area contributed by atoms with Gasteiger partial charge in [-0.2, -0.15) is 0 Å². The highest BCUT2D eigenvalue weighted by atomic mass is 32.1. The van der Waals surface area contributed by atoms with Crippen molar-refractivity contribution in [3.8, 4) is 0 Å². The van der Waals surface area contributed by atoms with Crippen molar-refractivity contribution in [3.05, 3.63) is 46.4 Å². The lowest BCUT2D eigenvalue weighted by atomic mass is 10.1. The Balaban J connectivity index is 2.00. The van der Waals surface area contributed by atoms with Crippen molar-refractivity contribution in [2.45, 2.75) is 25.8 Å². The van der Waals surface area contributed by atoms with Crippen molar-refractivity contribution in [1.82, 2.24) is 4.98 Å². The lowest BCUT2D eigenvalue weighted by Gasteiger charge is -2.13. The molecule has 4 heteroatoms. The standard InChI is InChI=1S/C14H18N2OS/c1-11(14-15-7-9-18-14)16-13-6-2-4-12(10-13)5-3-8-17/h2,4,6-7,9-11,16-17H,3,5,8H2,1H3. The topological polar surface area (TPSA) is 45.1 Å². The average Bonchev–Trinajstić information content (AvgIpc) is 2.91. The summed E-state index contributed by atoms with van der Waals surface area (Å²) in [7, 11) is 0. The van der Waals surface area contributed by atoms with Crippen molar-refractivity contribution in [1.29, 1.82) is 0 Å². The molecule has 0 aliphatic heterocycles. The number of hydrogen-bond acceptors (Lipinski definition) is 4. The van der Waals surface area contributed by atoms with Gasteiger partial charge in [-0.15, -0.1) is 11.3 Å². The van der Waals surface area contributed by atoms with E-state index in [-0.39, 0.29) is 12.6 Å². The molecule has 0 aliphatic rings. The number of nitrogens with one attached hydrogen (secondary N) is 1.